The molecule has 0 N–H and O–H groups in total. The summed E-state index contributed by atoms with van der Waals surface area (Å²) in [6, 6.07) is 20.1. The monoisotopic (exact) mass is 286 g/mol. The van der Waals surface area contributed by atoms with Gasteiger partial charge >= 0.3 is 0 Å². The molecule has 1 aliphatic heterocycles. The lowest BCUT2D eigenvalue weighted by atomic mass is 10.1. The quantitative estimate of drug-likeness (QED) is 0.662. The Balaban J connectivity index is 1.78. The zero-order valence-corrected chi connectivity index (χ0v) is 13.1. The third kappa shape index (κ3) is 3.44. The maximum atomic E-state index is 2.38. The van der Waals surface area contributed by atoms with E-state index in [1.807, 2.05) is 0 Å². The molecule has 2 aromatic carbocycles. The summed E-state index contributed by atoms with van der Waals surface area (Å²) in [7, 11) is 1.34. The Kier molecular flexibility index (Phi) is 4.65. The highest BCUT2D eigenvalue weighted by atomic mass is 32.0. The van der Waals surface area contributed by atoms with Gasteiger partial charge in [-0.25, -0.2) is 0 Å². The van der Waals surface area contributed by atoms with Crippen LogP contribution in [-0.2, 0) is 0 Å². The van der Waals surface area contributed by atoms with Gasteiger partial charge in [-0.3, -0.25) is 0 Å². The maximum absolute atomic E-state index is 2.38. The van der Waals surface area contributed by atoms with Crippen LogP contribution in [0.5, 0.6) is 0 Å². The number of hydrogen-bond donors (Lipinski definition) is 0. The van der Waals surface area contributed by atoms with E-state index < -0.39 is 0 Å². The van der Waals surface area contributed by atoms with E-state index in [9.17, 15) is 0 Å². The first-order chi connectivity index (χ1) is 9.43. The third-order valence-electron chi connectivity index (χ3n) is 3.65. The van der Waals surface area contributed by atoms with Crippen molar-refractivity contribution in [1.29, 1.82) is 0 Å². The van der Waals surface area contributed by atoms with Gasteiger partial charge in [-0.1, -0.05) is 76.9 Å². The van der Waals surface area contributed by atoms with Crippen LogP contribution in [0.25, 0.3) is 11.1 Å². The molecule has 0 saturated carbocycles. The molecule has 0 bridgehead atoms. The Hall–Kier alpha value is -0.700. The van der Waals surface area contributed by atoms with Gasteiger partial charge in [0.2, 0.25) is 0 Å². The summed E-state index contributed by atoms with van der Waals surface area (Å²) in [4.78, 5) is 0. The molecule has 2 unspecified atom stereocenters. The summed E-state index contributed by atoms with van der Waals surface area (Å²) in [6.07, 6.45) is 7.27. The molecule has 0 aromatic heterocycles. The first-order valence-corrected chi connectivity index (χ1v) is 10.7. The predicted molar refractivity (Wildman–Crippen MR) is 90.3 cm³/mol. The molecule has 2 heteroatoms. The van der Waals surface area contributed by atoms with Gasteiger partial charge in [0.05, 0.1) is 0 Å². The molecule has 2 aromatic rings. The molecule has 1 heterocycles. The smallest absolute Gasteiger partial charge is 0.0184 e. The van der Waals surface area contributed by atoms with E-state index in [-0.39, 0.29) is 7.61 Å². The fourth-order valence-corrected chi connectivity index (χ4v) is 8.10. The standard InChI is InChI=1S/C17H20P2/c1-3-7-15(8-4-1)16-9-11-17(12-10-16)19-14-6-2-5-13-18-19/h1,3-4,7-12,18H,2,5-6,13-14H2. The zero-order valence-electron chi connectivity index (χ0n) is 11.2. The van der Waals surface area contributed by atoms with Crippen molar-refractivity contribution in [1.82, 2.24) is 0 Å². The topological polar surface area (TPSA) is 0 Å². The summed E-state index contributed by atoms with van der Waals surface area (Å²) in [5, 5.41) is 1.62. The van der Waals surface area contributed by atoms with Crippen molar-refractivity contribution in [2.75, 3.05) is 12.3 Å². The van der Waals surface area contributed by atoms with Gasteiger partial charge in [-0.2, -0.15) is 0 Å². The van der Waals surface area contributed by atoms with Crippen LogP contribution in [0.15, 0.2) is 54.6 Å². The number of rotatable bonds is 2. The molecule has 0 nitrogen and oxygen atoms in total. The van der Waals surface area contributed by atoms with Crippen LogP contribution >= 0.6 is 15.9 Å². The normalized spacial score (nSPS) is 21.2. The van der Waals surface area contributed by atoms with Crippen LogP contribution in [0.3, 0.4) is 0 Å². The van der Waals surface area contributed by atoms with Gasteiger partial charge in [0, 0.05) is 0 Å². The van der Waals surface area contributed by atoms with E-state index in [2.05, 4.69) is 54.6 Å². The van der Waals surface area contributed by atoms with Crippen LogP contribution in [0.1, 0.15) is 19.3 Å². The second-order valence-corrected chi connectivity index (χ2v) is 10.2. The number of hydrogen-bond acceptors (Lipinski definition) is 0. The van der Waals surface area contributed by atoms with Gasteiger partial charge in [0.25, 0.3) is 0 Å². The van der Waals surface area contributed by atoms with Gasteiger partial charge in [0.15, 0.2) is 0 Å². The molecule has 0 aliphatic carbocycles. The molecule has 19 heavy (non-hydrogen) atoms. The fraction of sp³-hybridized carbons (Fsp3) is 0.294. The molecule has 1 aliphatic rings. The highest BCUT2D eigenvalue weighted by Gasteiger charge is 2.13. The predicted octanol–water partition coefficient (Wildman–Crippen LogP) is 5.24. The van der Waals surface area contributed by atoms with Gasteiger partial charge in [-0.15, -0.1) is 0 Å². The summed E-state index contributed by atoms with van der Waals surface area (Å²) in [5.74, 6) is 0. The highest BCUT2D eigenvalue weighted by molar-refractivity contribution is 8.25. The Labute approximate surface area is 119 Å². The van der Waals surface area contributed by atoms with E-state index in [4.69, 9.17) is 0 Å². The Morgan fingerprint density at radius 1 is 0.737 bits per heavy atom. The minimum absolute atomic E-state index is 0.153. The molecule has 2 atom stereocenters. The lowest BCUT2D eigenvalue weighted by Crippen LogP contribution is -1.99. The SMILES string of the molecule is c1ccc(-c2ccc(P3CCCCCP3)cc2)cc1. The molecular formula is C17H20P2. The second-order valence-electron chi connectivity index (χ2n) is 5.03. The summed E-state index contributed by atoms with van der Waals surface area (Å²) >= 11 is 0. The molecular weight excluding hydrogens is 266 g/mol. The van der Waals surface area contributed by atoms with E-state index in [0.717, 1.165) is 0 Å². The molecule has 0 radical (unpaired) electrons. The average Bonchev–Trinajstić information content (AvgIpc) is 2.77. The fourth-order valence-electron chi connectivity index (χ4n) is 2.55. The maximum Gasteiger partial charge on any atom is -0.0184 e. The molecule has 3 rings (SSSR count). The van der Waals surface area contributed by atoms with E-state index in [1.54, 1.807) is 5.30 Å². The van der Waals surface area contributed by atoms with Crippen LogP contribution < -0.4 is 5.30 Å². The largest absolute Gasteiger partial charge is 0.0914 e. The van der Waals surface area contributed by atoms with Crippen molar-refractivity contribution >= 4 is 21.2 Å². The van der Waals surface area contributed by atoms with Crippen molar-refractivity contribution in [2.45, 2.75) is 19.3 Å². The van der Waals surface area contributed by atoms with Gasteiger partial charge < -0.3 is 0 Å². The molecule has 98 valence electrons. The summed E-state index contributed by atoms with van der Waals surface area (Å²) in [6.45, 7) is 0. The summed E-state index contributed by atoms with van der Waals surface area (Å²) in [5.41, 5.74) is 2.67. The van der Waals surface area contributed by atoms with Crippen molar-refractivity contribution in [3.8, 4) is 11.1 Å². The molecule has 1 saturated heterocycles. The lowest BCUT2D eigenvalue weighted by Gasteiger charge is -2.15. The summed E-state index contributed by atoms with van der Waals surface area (Å²) < 4.78 is 0. The van der Waals surface area contributed by atoms with E-state index in [0.29, 0.717) is 0 Å². The molecule has 0 spiro atoms. The van der Waals surface area contributed by atoms with Gasteiger partial charge in [-0.05, 0) is 41.6 Å². The van der Waals surface area contributed by atoms with Crippen molar-refractivity contribution in [3.63, 3.8) is 0 Å². The lowest BCUT2D eigenvalue weighted by molar-refractivity contribution is 0.789. The first-order valence-electron chi connectivity index (χ1n) is 7.10. The Morgan fingerprint density at radius 3 is 2.26 bits per heavy atom. The number of benzene rings is 2. The first kappa shape index (κ1) is 13.3. The average molecular weight is 286 g/mol. The minimum Gasteiger partial charge on any atom is -0.0914 e. The van der Waals surface area contributed by atoms with Crippen molar-refractivity contribution in [3.05, 3.63) is 54.6 Å². The van der Waals surface area contributed by atoms with Crippen LogP contribution in [-0.4, -0.2) is 12.3 Å². The zero-order chi connectivity index (χ0) is 12.9. The van der Waals surface area contributed by atoms with E-state index in [1.165, 1.54) is 51.0 Å². The third-order valence-corrected chi connectivity index (χ3v) is 9.55. The van der Waals surface area contributed by atoms with Crippen LogP contribution in [0.4, 0.5) is 0 Å². The second kappa shape index (κ2) is 6.65. The Morgan fingerprint density at radius 2 is 1.47 bits per heavy atom. The van der Waals surface area contributed by atoms with Crippen molar-refractivity contribution < 1.29 is 0 Å². The van der Waals surface area contributed by atoms with Crippen molar-refractivity contribution in [2.24, 2.45) is 0 Å². The minimum atomic E-state index is 0.153. The Bertz CT molecular complexity index is 497. The van der Waals surface area contributed by atoms with Crippen LogP contribution in [0.2, 0.25) is 0 Å². The van der Waals surface area contributed by atoms with E-state index >= 15 is 0 Å². The molecule has 1 fully saturated rings. The van der Waals surface area contributed by atoms with Gasteiger partial charge in [0.1, 0.15) is 0 Å². The van der Waals surface area contributed by atoms with Crippen LogP contribution in [0, 0.1) is 0 Å². The highest BCUT2D eigenvalue weighted by Crippen LogP contribution is 2.56. The molecule has 0 amide bonds.